The van der Waals surface area contributed by atoms with Crippen LogP contribution in [0.25, 0.3) is 4.98 Å². The number of carbonyl (C=O) groups excluding carboxylic acids is 1. The zero-order valence-corrected chi connectivity index (χ0v) is 16.9. The Balaban J connectivity index is 1.48. The van der Waals surface area contributed by atoms with Crippen LogP contribution in [0.3, 0.4) is 0 Å². The molecule has 1 aromatic rings. The molecule has 12 heteroatoms. The molecule has 1 aliphatic rings. The fourth-order valence-corrected chi connectivity index (χ4v) is 2.77. The molecule has 0 saturated carbocycles. The molecular formula is C19H28N3O9+. The predicted octanol–water partition coefficient (Wildman–Crippen LogP) is -1.25. The first-order chi connectivity index (χ1) is 15.0. The first-order valence-corrected chi connectivity index (χ1v) is 9.79. The maximum absolute atomic E-state index is 11.9. The SMILES string of the molecule is N#[N+]c1ccc(C(=O)NCCOCCOCCO[C@H]2OC(CO)[C@@H](O)[C@H](O)C2O)cc1. The third kappa shape index (κ3) is 7.76. The van der Waals surface area contributed by atoms with Crippen LogP contribution in [0, 0.1) is 5.39 Å². The van der Waals surface area contributed by atoms with Crippen molar-refractivity contribution in [2.45, 2.75) is 30.7 Å². The van der Waals surface area contributed by atoms with Crippen LogP contribution in [-0.2, 0) is 18.9 Å². The van der Waals surface area contributed by atoms with Gasteiger partial charge in [-0.25, -0.2) is 0 Å². The molecule has 2 unspecified atom stereocenters. The third-order valence-corrected chi connectivity index (χ3v) is 4.51. The number of rotatable bonds is 12. The average molecular weight is 442 g/mol. The van der Waals surface area contributed by atoms with Gasteiger partial charge in [0.15, 0.2) is 11.3 Å². The molecule has 0 aliphatic carbocycles. The lowest BCUT2D eigenvalue weighted by molar-refractivity contribution is -0.302. The van der Waals surface area contributed by atoms with E-state index in [-0.39, 0.29) is 25.7 Å². The molecule has 1 fully saturated rings. The number of amides is 1. The minimum atomic E-state index is -1.49. The fraction of sp³-hybridized carbons (Fsp3) is 0.632. The number of hydrogen-bond acceptors (Lipinski definition) is 10. The van der Waals surface area contributed by atoms with E-state index in [0.717, 1.165) is 0 Å². The van der Waals surface area contributed by atoms with E-state index < -0.39 is 37.3 Å². The van der Waals surface area contributed by atoms with Gasteiger partial charge in [0, 0.05) is 24.2 Å². The van der Waals surface area contributed by atoms with Gasteiger partial charge in [-0.2, -0.15) is 0 Å². The molecule has 5 N–H and O–H groups in total. The van der Waals surface area contributed by atoms with Crippen molar-refractivity contribution >= 4 is 11.6 Å². The molecule has 2 rings (SSSR count). The number of nitrogens with one attached hydrogen (secondary N) is 1. The number of aliphatic hydroxyl groups is 4. The smallest absolute Gasteiger partial charge is 0.385 e. The van der Waals surface area contributed by atoms with Crippen molar-refractivity contribution in [3.05, 3.63) is 34.8 Å². The number of carbonyl (C=O) groups is 1. The summed E-state index contributed by atoms with van der Waals surface area (Å²) in [5.41, 5.74) is 0.800. The first kappa shape index (κ1) is 25.1. The van der Waals surface area contributed by atoms with E-state index in [2.05, 4.69) is 10.3 Å². The molecule has 1 amide bonds. The number of hydrogen-bond donors (Lipinski definition) is 5. The Bertz CT molecular complexity index is 711. The Kier molecular flexibility index (Phi) is 10.7. The van der Waals surface area contributed by atoms with Crippen molar-refractivity contribution in [3.63, 3.8) is 0 Å². The zero-order valence-electron chi connectivity index (χ0n) is 16.9. The molecule has 0 spiro atoms. The Morgan fingerprint density at radius 1 is 1.00 bits per heavy atom. The lowest BCUT2D eigenvalue weighted by Crippen LogP contribution is -2.59. The maximum atomic E-state index is 11.9. The highest BCUT2D eigenvalue weighted by Crippen LogP contribution is 2.21. The van der Waals surface area contributed by atoms with Gasteiger partial charge >= 0.3 is 5.69 Å². The van der Waals surface area contributed by atoms with E-state index in [9.17, 15) is 20.1 Å². The van der Waals surface area contributed by atoms with Crippen LogP contribution in [-0.4, -0.2) is 103 Å². The zero-order chi connectivity index (χ0) is 22.6. The van der Waals surface area contributed by atoms with Crippen molar-refractivity contribution in [3.8, 4) is 0 Å². The second-order valence-corrected chi connectivity index (χ2v) is 6.70. The molecule has 1 aliphatic heterocycles. The third-order valence-electron chi connectivity index (χ3n) is 4.51. The van der Waals surface area contributed by atoms with E-state index >= 15 is 0 Å². The summed E-state index contributed by atoms with van der Waals surface area (Å²) < 4.78 is 21.1. The van der Waals surface area contributed by atoms with E-state index in [1.807, 2.05) is 0 Å². The van der Waals surface area contributed by atoms with Crippen molar-refractivity contribution in [2.24, 2.45) is 0 Å². The monoisotopic (exact) mass is 442 g/mol. The van der Waals surface area contributed by atoms with Crippen LogP contribution in [0.5, 0.6) is 0 Å². The molecule has 12 nitrogen and oxygen atoms in total. The Morgan fingerprint density at radius 2 is 1.65 bits per heavy atom. The molecule has 1 heterocycles. The van der Waals surface area contributed by atoms with Gasteiger partial charge in [-0.3, -0.25) is 4.79 Å². The predicted molar refractivity (Wildman–Crippen MR) is 105 cm³/mol. The molecular weight excluding hydrogens is 414 g/mol. The molecule has 1 saturated heterocycles. The van der Waals surface area contributed by atoms with Gasteiger partial charge in [0.1, 0.15) is 24.4 Å². The van der Waals surface area contributed by atoms with E-state index in [1.54, 1.807) is 12.1 Å². The highest BCUT2D eigenvalue weighted by Gasteiger charge is 2.43. The van der Waals surface area contributed by atoms with Crippen LogP contribution in [0.1, 0.15) is 10.4 Å². The van der Waals surface area contributed by atoms with Gasteiger partial charge in [-0.05, 0) is 12.1 Å². The Labute approximate surface area is 178 Å². The molecule has 0 radical (unpaired) electrons. The largest absolute Gasteiger partial charge is 0.394 e. The second kappa shape index (κ2) is 13.3. The average Bonchev–Trinajstić information content (AvgIpc) is 2.79. The molecule has 1 aromatic carbocycles. The number of aliphatic hydroxyl groups excluding tert-OH is 4. The van der Waals surface area contributed by atoms with Crippen LogP contribution in [0.15, 0.2) is 24.3 Å². The van der Waals surface area contributed by atoms with E-state index in [1.165, 1.54) is 12.1 Å². The molecule has 31 heavy (non-hydrogen) atoms. The Morgan fingerprint density at radius 3 is 2.29 bits per heavy atom. The molecule has 0 aromatic heterocycles. The Hall–Kier alpha value is -2.21. The lowest BCUT2D eigenvalue weighted by Gasteiger charge is -2.39. The summed E-state index contributed by atoms with van der Waals surface area (Å²) in [6, 6.07) is 6.13. The fourth-order valence-electron chi connectivity index (χ4n) is 2.77. The normalized spacial score (nSPS) is 25.7. The molecule has 5 atom stereocenters. The number of diazo groups is 1. The van der Waals surface area contributed by atoms with Crippen LogP contribution >= 0.6 is 0 Å². The summed E-state index contributed by atoms with van der Waals surface area (Å²) >= 11 is 0. The van der Waals surface area contributed by atoms with Crippen molar-refractivity contribution < 1.29 is 44.2 Å². The van der Waals surface area contributed by atoms with Gasteiger partial charge in [-0.1, -0.05) is 0 Å². The summed E-state index contributed by atoms with van der Waals surface area (Å²) in [5, 5.41) is 49.6. The number of benzene rings is 1. The molecule has 172 valence electrons. The van der Waals surface area contributed by atoms with E-state index in [0.29, 0.717) is 31.0 Å². The summed E-state index contributed by atoms with van der Waals surface area (Å²) in [5.74, 6) is -0.269. The highest BCUT2D eigenvalue weighted by atomic mass is 16.7. The summed E-state index contributed by atoms with van der Waals surface area (Å²) in [6.45, 7) is 0.879. The molecule has 0 bridgehead atoms. The van der Waals surface area contributed by atoms with Crippen molar-refractivity contribution in [2.75, 3.05) is 46.2 Å². The van der Waals surface area contributed by atoms with Gasteiger partial charge in [-0.15, -0.1) is 0 Å². The first-order valence-electron chi connectivity index (χ1n) is 9.79. The van der Waals surface area contributed by atoms with Gasteiger partial charge in [0.25, 0.3) is 5.91 Å². The quantitative estimate of drug-likeness (QED) is 0.194. The lowest BCUT2D eigenvalue weighted by atomic mass is 9.99. The van der Waals surface area contributed by atoms with E-state index in [4.69, 9.17) is 29.4 Å². The van der Waals surface area contributed by atoms with Crippen molar-refractivity contribution in [1.29, 1.82) is 5.39 Å². The second-order valence-electron chi connectivity index (χ2n) is 6.70. The summed E-state index contributed by atoms with van der Waals surface area (Å²) in [6.07, 6.45) is -6.57. The van der Waals surface area contributed by atoms with Crippen LogP contribution in [0.2, 0.25) is 0 Å². The van der Waals surface area contributed by atoms with Crippen molar-refractivity contribution in [1.82, 2.24) is 5.32 Å². The standard InChI is InChI=1S/C19H27N3O9/c20-22-13-3-1-12(2-4-13)18(27)21-5-6-28-7-8-29-9-10-30-19-17(26)16(25)15(24)14(11-23)31-19/h1-4,14-17,19,23-26H,5-11H2/p+1/t14?,15-,16+,17?,19+/m1/s1. The number of nitrogens with zero attached hydrogens (tertiary/aromatic N) is 2. The van der Waals surface area contributed by atoms with Crippen LogP contribution < -0.4 is 5.32 Å². The van der Waals surface area contributed by atoms with Gasteiger partial charge in [0.05, 0.1) is 39.6 Å². The topological polar surface area (TPSA) is 175 Å². The number of ether oxygens (including phenoxy) is 4. The minimum Gasteiger partial charge on any atom is -0.394 e. The maximum Gasteiger partial charge on any atom is 0.385 e. The van der Waals surface area contributed by atoms with Gasteiger partial charge < -0.3 is 44.7 Å². The van der Waals surface area contributed by atoms with Crippen LogP contribution in [0.4, 0.5) is 5.69 Å². The highest BCUT2D eigenvalue weighted by molar-refractivity contribution is 5.94. The van der Waals surface area contributed by atoms with Gasteiger partial charge in [0.2, 0.25) is 5.39 Å². The summed E-state index contributed by atoms with van der Waals surface area (Å²) in [4.78, 5) is 14.9. The summed E-state index contributed by atoms with van der Waals surface area (Å²) in [7, 11) is 0. The minimum absolute atomic E-state index is 0.0566.